The molecule has 0 fully saturated rings. The fraction of sp³-hybridized carbons (Fsp3) is 0. The lowest BCUT2D eigenvalue weighted by Gasteiger charge is -1.90. The minimum Gasteiger partial charge on any atom is -0.399 e. The van der Waals surface area contributed by atoms with E-state index in [2.05, 4.69) is 0 Å². The van der Waals surface area contributed by atoms with Crippen LogP contribution in [0, 0.1) is 0 Å². The Morgan fingerprint density at radius 3 is 2.93 bits per heavy atom. The Balaban J connectivity index is 2.56. The molecule has 0 aliphatic carbocycles. The monoisotopic (exact) mass is 208 g/mol. The van der Waals surface area contributed by atoms with Crippen LogP contribution in [0.5, 0.6) is 0 Å². The highest BCUT2D eigenvalue weighted by Gasteiger charge is 2.08. The number of nitrogens with two attached hydrogens (primary N) is 1. The number of carbonyl (C=O) groups excluding carboxylic acids is 1. The van der Waals surface area contributed by atoms with Crippen LogP contribution < -0.4 is 11.2 Å². The van der Waals surface area contributed by atoms with E-state index in [0.29, 0.717) is 10.6 Å². The third-order valence-electron chi connectivity index (χ3n) is 1.87. The fourth-order valence-corrected chi connectivity index (χ4v) is 2.22. The number of hydrogen-bond acceptors (Lipinski definition) is 4. The zero-order valence-corrected chi connectivity index (χ0v) is 7.97. The summed E-state index contributed by atoms with van der Waals surface area (Å²) < 4.78 is 0.934. The van der Waals surface area contributed by atoms with Crippen molar-refractivity contribution >= 4 is 33.0 Å². The van der Waals surface area contributed by atoms with E-state index in [9.17, 15) is 4.79 Å². The molecule has 4 N–H and O–H groups in total. The van der Waals surface area contributed by atoms with E-state index in [4.69, 9.17) is 10.9 Å². The average molecular weight is 208 g/mol. The third-order valence-corrected chi connectivity index (χ3v) is 2.97. The van der Waals surface area contributed by atoms with E-state index in [-0.39, 0.29) is 0 Å². The molecule has 0 unspecified atom stereocenters. The number of anilines is 1. The number of thiophene rings is 1. The van der Waals surface area contributed by atoms with Gasteiger partial charge in [0.2, 0.25) is 0 Å². The summed E-state index contributed by atoms with van der Waals surface area (Å²) in [5, 5.41) is 9.40. The second-order valence-electron chi connectivity index (χ2n) is 2.85. The summed E-state index contributed by atoms with van der Waals surface area (Å²) in [6.07, 6.45) is 0. The number of rotatable bonds is 1. The Morgan fingerprint density at radius 1 is 1.43 bits per heavy atom. The van der Waals surface area contributed by atoms with Gasteiger partial charge in [-0.1, -0.05) is 6.07 Å². The van der Waals surface area contributed by atoms with Crippen molar-refractivity contribution in [3.63, 3.8) is 0 Å². The van der Waals surface area contributed by atoms with E-state index in [0.717, 1.165) is 10.1 Å². The van der Waals surface area contributed by atoms with Gasteiger partial charge in [-0.15, -0.1) is 11.3 Å². The number of fused-ring (bicyclic) bond motifs is 1. The molecule has 2 aromatic rings. The summed E-state index contributed by atoms with van der Waals surface area (Å²) in [4.78, 5) is 11.6. The largest absolute Gasteiger partial charge is 0.399 e. The lowest BCUT2D eigenvalue weighted by atomic mass is 10.2. The maximum absolute atomic E-state index is 11.1. The van der Waals surface area contributed by atoms with E-state index >= 15 is 0 Å². The summed E-state index contributed by atoms with van der Waals surface area (Å²) in [6, 6.07) is 7.13. The summed E-state index contributed by atoms with van der Waals surface area (Å²) >= 11 is 1.29. The van der Waals surface area contributed by atoms with Gasteiger partial charge in [-0.05, 0) is 23.6 Å². The van der Waals surface area contributed by atoms with Crippen LogP contribution in [-0.4, -0.2) is 11.1 Å². The smallest absolute Gasteiger partial charge is 0.284 e. The quantitative estimate of drug-likeness (QED) is 0.378. The number of amides is 1. The summed E-state index contributed by atoms with van der Waals surface area (Å²) in [6.45, 7) is 0. The molecule has 0 bridgehead atoms. The Morgan fingerprint density at radius 2 is 2.21 bits per heavy atom. The van der Waals surface area contributed by atoms with Crippen molar-refractivity contribution in [2.24, 2.45) is 0 Å². The minimum atomic E-state index is -0.496. The van der Waals surface area contributed by atoms with Gasteiger partial charge in [-0.3, -0.25) is 10.0 Å². The zero-order chi connectivity index (χ0) is 10.1. The molecule has 0 atom stereocenters. The maximum Gasteiger partial charge on any atom is 0.284 e. The number of nitrogen functional groups attached to an aromatic ring is 1. The molecule has 1 heterocycles. The molecule has 0 aliphatic rings. The molecule has 1 aromatic heterocycles. The molecule has 0 saturated carbocycles. The molecule has 4 nitrogen and oxygen atoms in total. The van der Waals surface area contributed by atoms with Crippen molar-refractivity contribution in [2.45, 2.75) is 0 Å². The molecule has 14 heavy (non-hydrogen) atoms. The summed E-state index contributed by atoms with van der Waals surface area (Å²) in [5.74, 6) is -0.496. The highest BCUT2D eigenvalue weighted by molar-refractivity contribution is 7.20. The topological polar surface area (TPSA) is 75.4 Å². The number of hydroxylamine groups is 1. The predicted molar refractivity (Wildman–Crippen MR) is 55.5 cm³/mol. The molecule has 5 heteroatoms. The molecular formula is C9H8N2O2S. The van der Waals surface area contributed by atoms with Gasteiger partial charge in [0, 0.05) is 10.4 Å². The van der Waals surface area contributed by atoms with Gasteiger partial charge in [-0.2, -0.15) is 0 Å². The number of nitrogens with one attached hydrogen (secondary N) is 1. The summed E-state index contributed by atoms with van der Waals surface area (Å²) in [7, 11) is 0. The minimum absolute atomic E-state index is 0.466. The highest BCUT2D eigenvalue weighted by Crippen LogP contribution is 2.27. The summed E-state index contributed by atoms with van der Waals surface area (Å²) in [5.41, 5.74) is 7.86. The van der Waals surface area contributed by atoms with Gasteiger partial charge < -0.3 is 5.73 Å². The second kappa shape index (κ2) is 3.28. The number of carbonyl (C=O) groups is 1. The molecule has 0 saturated heterocycles. The molecule has 0 aliphatic heterocycles. The zero-order valence-electron chi connectivity index (χ0n) is 7.15. The van der Waals surface area contributed by atoms with Gasteiger partial charge in [0.05, 0.1) is 4.88 Å². The molecule has 2 rings (SSSR count). The third kappa shape index (κ3) is 1.43. The van der Waals surface area contributed by atoms with Gasteiger partial charge >= 0.3 is 0 Å². The molecule has 0 spiro atoms. The predicted octanol–water partition coefficient (Wildman–Crippen LogP) is 1.60. The second-order valence-corrected chi connectivity index (χ2v) is 3.93. The Kier molecular flexibility index (Phi) is 2.11. The molecule has 1 aromatic carbocycles. The molecule has 72 valence electrons. The van der Waals surface area contributed by atoms with Crippen LogP contribution in [-0.2, 0) is 0 Å². The van der Waals surface area contributed by atoms with Crippen molar-refractivity contribution in [3.8, 4) is 0 Å². The van der Waals surface area contributed by atoms with Gasteiger partial charge in [0.1, 0.15) is 0 Å². The van der Waals surface area contributed by atoms with Crippen molar-refractivity contribution < 1.29 is 10.0 Å². The first-order valence-electron chi connectivity index (χ1n) is 3.94. The van der Waals surface area contributed by atoms with Gasteiger partial charge in [0.15, 0.2) is 0 Å². The molecule has 0 radical (unpaired) electrons. The first kappa shape index (κ1) is 8.98. The normalized spacial score (nSPS) is 10.4. The lowest BCUT2D eigenvalue weighted by molar-refractivity contribution is 0.0711. The fourth-order valence-electron chi connectivity index (χ4n) is 1.21. The molecule has 1 amide bonds. The molecular weight excluding hydrogens is 200 g/mol. The SMILES string of the molecule is Nc1ccc2cc(C(=O)NO)sc2c1. The van der Waals surface area contributed by atoms with E-state index < -0.39 is 5.91 Å². The van der Waals surface area contributed by atoms with E-state index in [1.807, 2.05) is 6.07 Å². The lowest BCUT2D eigenvalue weighted by Crippen LogP contribution is -2.16. The van der Waals surface area contributed by atoms with Crippen LogP contribution >= 0.6 is 11.3 Å². The Hall–Kier alpha value is -1.59. The maximum atomic E-state index is 11.1. The van der Waals surface area contributed by atoms with Crippen molar-refractivity contribution in [1.29, 1.82) is 0 Å². The van der Waals surface area contributed by atoms with Gasteiger partial charge in [-0.25, -0.2) is 5.48 Å². The van der Waals surface area contributed by atoms with Crippen LogP contribution in [0.15, 0.2) is 24.3 Å². The van der Waals surface area contributed by atoms with Crippen LogP contribution in [0.4, 0.5) is 5.69 Å². The number of benzene rings is 1. The van der Waals surface area contributed by atoms with Crippen molar-refractivity contribution in [1.82, 2.24) is 5.48 Å². The van der Waals surface area contributed by atoms with Crippen LogP contribution in [0.2, 0.25) is 0 Å². The van der Waals surface area contributed by atoms with Crippen molar-refractivity contribution in [3.05, 3.63) is 29.1 Å². The van der Waals surface area contributed by atoms with Gasteiger partial charge in [0.25, 0.3) is 5.91 Å². The first-order valence-corrected chi connectivity index (χ1v) is 4.76. The van der Waals surface area contributed by atoms with E-state index in [1.165, 1.54) is 11.3 Å². The Bertz CT molecular complexity index is 493. The van der Waals surface area contributed by atoms with Crippen LogP contribution in [0.1, 0.15) is 9.67 Å². The number of hydrogen-bond donors (Lipinski definition) is 3. The van der Waals surface area contributed by atoms with Crippen molar-refractivity contribution in [2.75, 3.05) is 5.73 Å². The van der Waals surface area contributed by atoms with Crippen LogP contribution in [0.3, 0.4) is 0 Å². The first-order chi connectivity index (χ1) is 6.70. The standard InChI is InChI=1S/C9H8N2O2S/c10-6-2-1-5-3-8(9(12)11-13)14-7(5)4-6/h1-4,13H,10H2,(H,11,12). The Labute approximate surface area is 83.9 Å². The van der Waals surface area contributed by atoms with Crippen LogP contribution in [0.25, 0.3) is 10.1 Å². The average Bonchev–Trinajstić information content (AvgIpc) is 2.59. The van der Waals surface area contributed by atoms with E-state index in [1.54, 1.807) is 23.7 Å². The highest BCUT2D eigenvalue weighted by atomic mass is 32.1.